The van der Waals surface area contributed by atoms with E-state index in [4.69, 9.17) is 33.1 Å². The van der Waals surface area contributed by atoms with Crippen molar-refractivity contribution in [1.82, 2.24) is 9.55 Å². The van der Waals surface area contributed by atoms with Gasteiger partial charge in [-0.1, -0.05) is 6.92 Å². The molecule has 0 amide bonds. The van der Waals surface area contributed by atoms with Gasteiger partial charge in [-0.15, -0.1) is 0 Å². The molecule has 0 spiro atoms. The molecule has 0 bridgehead atoms. The number of carbonyl (C=O) groups is 2. The largest absolute Gasteiger partial charge is 0.481 e. The Labute approximate surface area is 220 Å². The lowest BCUT2D eigenvalue weighted by Crippen LogP contribution is -2.43. The molecule has 0 aromatic carbocycles. The Bertz CT molecular complexity index is 1090. The van der Waals surface area contributed by atoms with E-state index in [9.17, 15) is 23.7 Å². The maximum atomic E-state index is 13.3. The molecule has 1 aliphatic rings. The van der Waals surface area contributed by atoms with Crippen LogP contribution >= 0.6 is 7.60 Å². The number of nitrogens with one attached hydrogen (secondary N) is 1. The number of hydrogen-bond donors (Lipinski definition) is 2. The number of aromatic nitrogens is 2. The third kappa shape index (κ3) is 8.58. The molecule has 2 unspecified atom stereocenters. The number of rotatable bonds is 16. The van der Waals surface area contributed by atoms with E-state index in [1.807, 2.05) is 0 Å². The molecular formula is C23H37N2O12P. The molecule has 2 N–H and O–H groups in total. The van der Waals surface area contributed by atoms with Crippen molar-refractivity contribution in [3.8, 4) is 0 Å². The minimum atomic E-state index is -3.55. The highest BCUT2D eigenvalue weighted by atomic mass is 31.2. The van der Waals surface area contributed by atoms with Crippen molar-refractivity contribution in [3.05, 3.63) is 32.6 Å². The summed E-state index contributed by atoms with van der Waals surface area (Å²) in [4.78, 5) is 50.5. The standard InChI is InChI=1S/C23H37N2O12P/c1-6-34-38(31,35-7-2)13-15(4)18-19(36-17(28)9-8-16(26)27)20(33-11-10-32-5)22(37-18)25-12-14(3)21(29)24-23(25)30/h12,15,18-20,22H,6-11,13H2,1-5H3,(H,26,27)(H,24,29,30)/t15-,18?,19+,20+,22?/m0/s1. The molecule has 15 heteroatoms. The van der Waals surface area contributed by atoms with Crippen molar-refractivity contribution in [2.24, 2.45) is 5.92 Å². The third-order valence-corrected chi connectivity index (χ3v) is 8.10. The number of esters is 1. The topological polar surface area (TPSA) is 182 Å². The summed E-state index contributed by atoms with van der Waals surface area (Å²) < 4.78 is 48.1. The van der Waals surface area contributed by atoms with Gasteiger partial charge in [0.15, 0.2) is 12.3 Å². The molecule has 0 saturated carbocycles. The Morgan fingerprint density at radius 2 is 1.82 bits per heavy atom. The van der Waals surface area contributed by atoms with Crippen molar-refractivity contribution in [2.75, 3.05) is 39.7 Å². The van der Waals surface area contributed by atoms with Gasteiger partial charge in [-0.05, 0) is 26.7 Å². The van der Waals surface area contributed by atoms with Crippen LogP contribution in [-0.2, 0) is 42.1 Å². The van der Waals surface area contributed by atoms with Gasteiger partial charge >= 0.3 is 25.2 Å². The van der Waals surface area contributed by atoms with E-state index in [1.165, 1.54) is 20.2 Å². The molecule has 38 heavy (non-hydrogen) atoms. The summed E-state index contributed by atoms with van der Waals surface area (Å²) in [5, 5.41) is 8.96. The van der Waals surface area contributed by atoms with Crippen LogP contribution in [0.15, 0.2) is 15.8 Å². The molecule has 1 fully saturated rings. The minimum Gasteiger partial charge on any atom is -0.481 e. The number of aromatic amines is 1. The molecule has 14 nitrogen and oxygen atoms in total. The van der Waals surface area contributed by atoms with Crippen LogP contribution in [0.1, 0.15) is 45.4 Å². The number of H-pyrrole nitrogens is 1. The van der Waals surface area contributed by atoms with E-state index < -0.39 is 74.1 Å². The molecule has 1 aliphatic heterocycles. The van der Waals surface area contributed by atoms with E-state index in [2.05, 4.69) is 4.98 Å². The predicted octanol–water partition coefficient (Wildman–Crippen LogP) is 1.45. The second-order valence-corrected chi connectivity index (χ2v) is 10.9. The number of carboxylic acid groups (broad SMARTS) is 1. The van der Waals surface area contributed by atoms with Crippen molar-refractivity contribution in [2.45, 2.75) is 65.1 Å². The molecule has 0 radical (unpaired) electrons. The van der Waals surface area contributed by atoms with Gasteiger partial charge in [0.1, 0.15) is 12.2 Å². The molecule has 2 heterocycles. The summed E-state index contributed by atoms with van der Waals surface area (Å²) in [6.45, 7) is 7.05. The highest BCUT2D eigenvalue weighted by Crippen LogP contribution is 2.51. The second-order valence-electron chi connectivity index (χ2n) is 8.75. The van der Waals surface area contributed by atoms with Crippen LogP contribution in [0.2, 0.25) is 0 Å². The Hall–Kier alpha value is -2.35. The summed E-state index contributed by atoms with van der Waals surface area (Å²) in [6.07, 6.45) is -3.96. The van der Waals surface area contributed by atoms with Crippen LogP contribution in [0, 0.1) is 12.8 Å². The van der Waals surface area contributed by atoms with Crippen LogP contribution in [0.5, 0.6) is 0 Å². The van der Waals surface area contributed by atoms with Crippen LogP contribution in [0.3, 0.4) is 0 Å². The smallest absolute Gasteiger partial charge is 0.331 e. The lowest BCUT2D eigenvalue weighted by atomic mass is 9.99. The molecule has 0 aliphatic carbocycles. The van der Waals surface area contributed by atoms with Crippen LogP contribution in [0.4, 0.5) is 0 Å². The average Bonchev–Trinajstić information content (AvgIpc) is 3.18. The fourth-order valence-electron chi connectivity index (χ4n) is 4.11. The Morgan fingerprint density at radius 1 is 1.16 bits per heavy atom. The predicted molar refractivity (Wildman–Crippen MR) is 133 cm³/mol. The normalized spacial score (nSPS) is 22.3. The van der Waals surface area contributed by atoms with E-state index in [1.54, 1.807) is 20.8 Å². The summed E-state index contributed by atoms with van der Waals surface area (Å²) >= 11 is 0. The van der Waals surface area contributed by atoms with Gasteiger partial charge < -0.3 is 33.1 Å². The number of ether oxygens (including phenoxy) is 4. The van der Waals surface area contributed by atoms with Gasteiger partial charge in [0.25, 0.3) is 5.56 Å². The van der Waals surface area contributed by atoms with E-state index in [0.717, 1.165) is 4.57 Å². The number of nitrogens with zero attached hydrogens (tertiary/aromatic N) is 1. The van der Waals surface area contributed by atoms with Crippen LogP contribution in [0.25, 0.3) is 0 Å². The highest BCUT2D eigenvalue weighted by Gasteiger charge is 2.52. The van der Waals surface area contributed by atoms with Gasteiger partial charge in [0.05, 0.1) is 45.4 Å². The monoisotopic (exact) mass is 564 g/mol. The summed E-state index contributed by atoms with van der Waals surface area (Å²) in [7, 11) is -2.08. The number of aliphatic carboxylic acids is 1. The van der Waals surface area contributed by atoms with E-state index in [0.29, 0.717) is 0 Å². The minimum absolute atomic E-state index is 0.0405. The maximum Gasteiger partial charge on any atom is 0.331 e. The maximum absolute atomic E-state index is 13.3. The van der Waals surface area contributed by atoms with Crippen molar-refractivity contribution < 1.29 is 47.3 Å². The molecule has 1 saturated heterocycles. The van der Waals surface area contributed by atoms with Crippen molar-refractivity contribution in [3.63, 3.8) is 0 Å². The fourth-order valence-corrected chi connectivity index (χ4v) is 6.10. The lowest BCUT2D eigenvalue weighted by molar-refractivity contribution is -0.161. The first-order valence-electron chi connectivity index (χ1n) is 12.3. The summed E-state index contributed by atoms with van der Waals surface area (Å²) in [5.74, 6) is -2.60. The van der Waals surface area contributed by atoms with E-state index >= 15 is 0 Å². The molecular weight excluding hydrogens is 527 g/mol. The molecule has 216 valence electrons. The highest BCUT2D eigenvalue weighted by molar-refractivity contribution is 7.53. The Morgan fingerprint density at radius 3 is 2.39 bits per heavy atom. The number of carbonyl (C=O) groups excluding carboxylic acids is 1. The average molecular weight is 565 g/mol. The SMILES string of the molecule is CCOP(=O)(C[C@H](C)C1OC(n2cc(C)c(=O)[nH]c2=O)[C@H](OCCOC)[C@@H]1OC(=O)CCC(=O)O)OCC. The molecule has 1 aromatic rings. The third-order valence-electron chi connectivity index (χ3n) is 5.78. The first-order chi connectivity index (χ1) is 18.0. The van der Waals surface area contributed by atoms with Crippen LogP contribution < -0.4 is 11.2 Å². The fraction of sp³-hybridized carbons (Fsp3) is 0.739. The van der Waals surface area contributed by atoms with Crippen molar-refractivity contribution >= 4 is 19.5 Å². The second kappa shape index (κ2) is 14.7. The first kappa shape index (κ1) is 31.9. The van der Waals surface area contributed by atoms with Gasteiger partial charge in [0, 0.05) is 18.9 Å². The number of methoxy groups -OCH3 is 1. The summed E-state index contributed by atoms with van der Waals surface area (Å²) in [5.41, 5.74) is -1.12. The molecule has 1 aromatic heterocycles. The zero-order chi connectivity index (χ0) is 28.5. The number of hydrogen-bond acceptors (Lipinski definition) is 11. The quantitative estimate of drug-likeness (QED) is 0.168. The zero-order valence-corrected chi connectivity index (χ0v) is 23.1. The van der Waals surface area contributed by atoms with Gasteiger partial charge in [-0.2, -0.15) is 0 Å². The number of carboxylic acids is 1. The Kier molecular flexibility index (Phi) is 12.3. The first-order valence-corrected chi connectivity index (χ1v) is 14.1. The van der Waals surface area contributed by atoms with E-state index in [-0.39, 0.29) is 38.2 Å². The van der Waals surface area contributed by atoms with Gasteiger partial charge in [-0.25, -0.2) is 4.79 Å². The molecule has 2 rings (SSSR count). The van der Waals surface area contributed by atoms with Gasteiger partial charge in [-0.3, -0.25) is 28.5 Å². The Balaban J connectivity index is 2.51. The number of aryl methyl sites for hydroxylation is 1. The zero-order valence-electron chi connectivity index (χ0n) is 22.2. The van der Waals surface area contributed by atoms with Gasteiger partial charge in [0.2, 0.25) is 0 Å². The molecule has 5 atom stereocenters. The van der Waals surface area contributed by atoms with Crippen LogP contribution in [-0.4, -0.2) is 84.6 Å². The van der Waals surface area contributed by atoms with Crippen molar-refractivity contribution in [1.29, 1.82) is 0 Å². The summed E-state index contributed by atoms with van der Waals surface area (Å²) in [6, 6.07) is 0. The lowest BCUT2D eigenvalue weighted by Gasteiger charge is -2.28.